The molecule has 120 valence electrons. The van der Waals surface area contributed by atoms with Crippen LogP contribution in [0, 0.1) is 6.92 Å². The lowest BCUT2D eigenvalue weighted by molar-refractivity contribution is 0.104. The summed E-state index contributed by atoms with van der Waals surface area (Å²) in [4.78, 5) is 12.4. The minimum absolute atomic E-state index is 0.125. The number of methoxy groups -OCH3 is 3. The number of allylic oxidation sites excluding steroid dienone is 1. The van der Waals surface area contributed by atoms with E-state index in [0.29, 0.717) is 22.8 Å². The lowest BCUT2D eigenvalue weighted by Crippen LogP contribution is -1.99. The molecule has 2 aromatic carbocycles. The van der Waals surface area contributed by atoms with E-state index in [4.69, 9.17) is 14.2 Å². The Bertz CT molecular complexity index is 732. The molecule has 0 saturated heterocycles. The van der Waals surface area contributed by atoms with Crippen LogP contribution in [0.15, 0.2) is 42.5 Å². The van der Waals surface area contributed by atoms with E-state index >= 15 is 0 Å². The van der Waals surface area contributed by atoms with E-state index in [2.05, 4.69) is 0 Å². The zero-order valence-electron chi connectivity index (χ0n) is 13.8. The predicted molar refractivity (Wildman–Crippen MR) is 90.6 cm³/mol. The molecule has 0 saturated carbocycles. The Hall–Kier alpha value is -2.75. The van der Waals surface area contributed by atoms with Crippen molar-refractivity contribution in [1.29, 1.82) is 0 Å². The van der Waals surface area contributed by atoms with Gasteiger partial charge < -0.3 is 14.2 Å². The molecule has 23 heavy (non-hydrogen) atoms. The number of carbonyl (C=O) groups is 1. The molecule has 0 aliphatic carbocycles. The molecule has 0 N–H and O–H groups in total. The number of ether oxygens (including phenoxy) is 3. The molecule has 0 fully saturated rings. The minimum atomic E-state index is -0.125. The maximum Gasteiger partial charge on any atom is 0.189 e. The summed E-state index contributed by atoms with van der Waals surface area (Å²) in [7, 11) is 4.73. The smallest absolute Gasteiger partial charge is 0.189 e. The van der Waals surface area contributed by atoms with E-state index in [1.165, 1.54) is 6.08 Å². The summed E-state index contributed by atoms with van der Waals surface area (Å²) < 4.78 is 15.8. The predicted octanol–water partition coefficient (Wildman–Crippen LogP) is 3.92. The first-order chi connectivity index (χ1) is 11.1. The Morgan fingerprint density at radius 3 is 2.30 bits per heavy atom. The summed E-state index contributed by atoms with van der Waals surface area (Å²) in [6.07, 6.45) is 3.23. The lowest BCUT2D eigenvalue weighted by Gasteiger charge is -2.08. The van der Waals surface area contributed by atoms with Crippen molar-refractivity contribution in [2.75, 3.05) is 21.3 Å². The molecule has 0 heterocycles. The van der Waals surface area contributed by atoms with Crippen molar-refractivity contribution >= 4 is 11.9 Å². The van der Waals surface area contributed by atoms with E-state index in [1.807, 2.05) is 31.2 Å². The molecule has 0 atom stereocenters. The average molecular weight is 312 g/mol. The van der Waals surface area contributed by atoms with Gasteiger partial charge in [0.15, 0.2) is 5.78 Å². The van der Waals surface area contributed by atoms with Gasteiger partial charge >= 0.3 is 0 Å². The van der Waals surface area contributed by atoms with Gasteiger partial charge in [0.25, 0.3) is 0 Å². The maximum atomic E-state index is 12.4. The second-order valence-electron chi connectivity index (χ2n) is 5.01. The normalized spacial score (nSPS) is 10.6. The number of ketones is 1. The zero-order chi connectivity index (χ0) is 16.8. The highest BCUT2D eigenvalue weighted by atomic mass is 16.5. The number of hydrogen-bond donors (Lipinski definition) is 0. The highest BCUT2D eigenvalue weighted by Gasteiger charge is 2.10. The molecule has 0 radical (unpaired) electrons. The quantitative estimate of drug-likeness (QED) is 0.599. The molecule has 4 heteroatoms. The van der Waals surface area contributed by atoms with E-state index in [0.717, 1.165) is 11.1 Å². The molecule has 0 aliphatic rings. The molecule has 0 amide bonds. The number of carbonyl (C=O) groups excluding carboxylic acids is 1. The molecule has 0 spiro atoms. The monoisotopic (exact) mass is 312 g/mol. The van der Waals surface area contributed by atoms with Gasteiger partial charge in [-0.05, 0) is 48.9 Å². The van der Waals surface area contributed by atoms with Crippen molar-refractivity contribution in [1.82, 2.24) is 0 Å². The Labute approximate surface area is 136 Å². The summed E-state index contributed by atoms with van der Waals surface area (Å²) in [6, 6.07) is 10.9. The molecule has 0 unspecified atom stereocenters. The van der Waals surface area contributed by atoms with Gasteiger partial charge in [-0.3, -0.25) is 4.79 Å². The van der Waals surface area contributed by atoms with Crippen LogP contribution in [0.4, 0.5) is 0 Å². The first-order valence-corrected chi connectivity index (χ1v) is 7.18. The summed E-state index contributed by atoms with van der Waals surface area (Å²) in [5, 5.41) is 0. The summed E-state index contributed by atoms with van der Waals surface area (Å²) in [5.41, 5.74) is 2.37. The van der Waals surface area contributed by atoms with Gasteiger partial charge in [-0.25, -0.2) is 0 Å². The number of hydrogen-bond acceptors (Lipinski definition) is 4. The van der Waals surface area contributed by atoms with E-state index in [1.54, 1.807) is 39.5 Å². The van der Waals surface area contributed by atoms with E-state index in [-0.39, 0.29) is 5.78 Å². The molecule has 0 bridgehead atoms. The van der Waals surface area contributed by atoms with E-state index in [9.17, 15) is 4.79 Å². The molecule has 0 aromatic heterocycles. The molecule has 2 aromatic rings. The van der Waals surface area contributed by atoms with Crippen LogP contribution in [-0.4, -0.2) is 27.1 Å². The fourth-order valence-corrected chi connectivity index (χ4v) is 2.21. The Morgan fingerprint density at radius 2 is 1.65 bits per heavy atom. The maximum absolute atomic E-state index is 12.4. The third kappa shape index (κ3) is 3.92. The Balaban J connectivity index is 2.28. The van der Waals surface area contributed by atoms with Gasteiger partial charge in [0.1, 0.15) is 17.2 Å². The molecule has 4 nitrogen and oxygen atoms in total. The highest BCUT2D eigenvalue weighted by molar-refractivity contribution is 6.08. The first-order valence-electron chi connectivity index (χ1n) is 7.18. The third-order valence-electron chi connectivity index (χ3n) is 3.48. The van der Waals surface area contributed by atoms with Crippen LogP contribution in [0.1, 0.15) is 21.5 Å². The zero-order valence-corrected chi connectivity index (χ0v) is 13.8. The number of rotatable bonds is 6. The van der Waals surface area contributed by atoms with Crippen LogP contribution in [0.25, 0.3) is 6.08 Å². The van der Waals surface area contributed by atoms with Crippen LogP contribution in [0.5, 0.6) is 17.2 Å². The fourth-order valence-electron chi connectivity index (χ4n) is 2.21. The van der Waals surface area contributed by atoms with Crippen LogP contribution >= 0.6 is 0 Å². The summed E-state index contributed by atoms with van der Waals surface area (Å²) >= 11 is 0. The second kappa shape index (κ2) is 7.49. The third-order valence-corrected chi connectivity index (χ3v) is 3.48. The van der Waals surface area contributed by atoms with Crippen LogP contribution < -0.4 is 14.2 Å². The molecular weight excluding hydrogens is 292 g/mol. The topological polar surface area (TPSA) is 44.8 Å². The summed E-state index contributed by atoms with van der Waals surface area (Å²) in [6.45, 7) is 1.95. The average Bonchev–Trinajstić information content (AvgIpc) is 2.59. The standard InChI is InChI=1S/C19H20O4/c1-13-5-9-16(19(11-13)23-4)17(20)10-7-14-6-8-15(21-2)12-18(14)22-3/h5-12H,1-4H3/b10-7+. The minimum Gasteiger partial charge on any atom is -0.497 e. The van der Waals surface area contributed by atoms with Crippen LogP contribution in [0.3, 0.4) is 0 Å². The van der Waals surface area contributed by atoms with Crippen LogP contribution in [-0.2, 0) is 0 Å². The largest absolute Gasteiger partial charge is 0.497 e. The van der Waals surface area contributed by atoms with Gasteiger partial charge in [0.2, 0.25) is 0 Å². The van der Waals surface area contributed by atoms with Crippen molar-refractivity contribution in [3.63, 3.8) is 0 Å². The summed E-state index contributed by atoms with van der Waals surface area (Å²) in [5.74, 6) is 1.79. The molecule has 2 rings (SSSR count). The first kappa shape index (κ1) is 16.6. The highest BCUT2D eigenvalue weighted by Crippen LogP contribution is 2.26. The van der Waals surface area contributed by atoms with Gasteiger partial charge in [0, 0.05) is 11.6 Å². The van der Waals surface area contributed by atoms with Gasteiger partial charge in [-0.15, -0.1) is 0 Å². The number of benzene rings is 2. The van der Waals surface area contributed by atoms with Gasteiger partial charge in [-0.2, -0.15) is 0 Å². The Morgan fingerprint density at radius 1 is 0.913 bits per heavy atom. The van der Waals surface area contributed by atoms with Gasteiger partial charge in [0.05, 0.1) is 26.9 Å². The van der Waals surface area contributed by atoms with E-state index < -0.39 is 0 Å². The second-order valence-corrected chi connectivity index (χ2v) is 5.01. The van der Waals surface area contributed by atoms with Gasteiger partial charge in [-0.1, -0.05) is 6.07 Å². The fraction of sp³-hybridized carbons (Fsp3) is 0.211. The van der Waals surface area contributed by atoms with Crippen LogP contribution in [0.2, 0.25) is 0 Å². The van der Waals surface area contributed by atoms with Crippen molar-refractivity contribution in [2.45, 2.75) is 6.92 Å². The van der Waals surface area contributed by atoms with Crippen molar-refractivity contribution in [2.24, 2.45) is 0 Å². The molecule has 0 aliphatic heterocycles. The number of aryl methyl sites for hydroxylation is 1. The van der Waals surface area contributed by atoms with Crippen molar-refractivity contribution < 1.29 is 19.0 Å². The van der Waals surface area contributed by atoms with Crippen molar-refractivity contribution in [3.05, 3.63) is 59.2 Å². The van der Waals surface area contributed by atoms with Crippen molar-refractivity contribution in [3.8, 4) is 17.2 Å². The Kier molecular flexibility index (Phi) is 5.41. The molecular formula is C19H20O4. The SMILES string of the molecule is COc1ccc(/C=C/C(=O)c2ccc(C)cc2OC)c(OC)c1. The lowest BCUT2D eigenvalue weighted by atomic mass is 10.1.